The molecule has 176 valence electrons. The fourth-order valence-electron chi connectivity index (χ4n) is 3.56. The molecule has 0 spiro atoms. The second-order valence-corrected chi connectivity index (χ2v) is 8.69. The maximum absolute atomic E-state index is 12.4. The van der Waals surface area contributed by atoms with Gasteiger partial charge in [0, 0.05) is 31.1 Å². The van der Waals surface area contributed by atoms with E-state index in [2.05, 4.69) is 21.4 Å². The summed E-state index contributed by atoms with van der Waals surface area (Å²) >= 11 is 1.18. The number of nitrogens with one attached hydrogen (secondary N) is 1. The molecule has 34 heavy (non-hydrogen) atoms. The Hall–Kier alpha value is -3.39. The molecule has 0 atom stereocenters. The van der Waals surface area contributed by atoms with Crippen LogP contribution in [0.4, 0.5) is 15.3 Å². The van der Waals surface area contributed by atoms with Gasteiger partial charge in [0.1, 0.15) is 6.61 Å². The predicted octanol–water partition coefficient (Wildman–Crippen LogP) is 3.51. The van der Waals surface area contributed by atoms with Crippen molar-refractivity contribution in [3.05, 3.63) is 65.2 Å². The number of thioether (sulfide) groups is 1. The van der Waals surface area contributed by atoms with Gasteiger partial charge in [0.05, 0.1) is 37.1 Å². The molecular weight excluding hydrogens is 454 g/mol. The maximum Gasteiger partial charge on any atom is 0.411 e. The lowest BCUT2D eigenvalue weighted by molar-refractivity contribution is 0.0290. The summed E-state index contributed by atoms with van der Waals surface area (Å²) in [5, 5.41) is 17.5. The van der Waals surface area contributed by atoms with Crippen molar-refractivity contribution in [2.75, 3.05) is 50.5 Å². The van der Waals surface area contributed by atoms with E-state index in [4.69, 9.17) is 14.7 Å². The molecule has 2 amide bonds. The zero-order chi connectivity index (χ0) is 23.8. The average molecular weight is 480 g/mol. The van der Waals surface area contributed by atoms with E-state index in [1.165, 1.54) is 16.8 Å². The summed E-state index contributed by atoms with van der Waals surface area (Å²) in [6.07, 6.45) is -0.517. The summed E-state index contributed by atoms with van der Waals surface area (Å²) < 4.78 is 10.6. The van der Waals surface area contributed by atoms with E-state index in [9.17, 15) is 9.59 Å². The number of nitrogens with zero attached hydrogens (tertiary/aromatic N) is 4. The van der Waals surface area contributed by atoms with Crippen molar-refractivity contribution in [2.24, 2.45) is 5.10 Å². The van der Waals surface area contributed by atoms with Crippen molar-refractivity contribution in [3.8, 4) is 6.07 Å². The molecule has 1 N–H and O–H groups in total. The van der Waals surface area contributed by atoms with E-state index < -0.39 is 6.09 Å². The number of carbonyl (C=O) groups excluding carboxylic acids is 2. The van der Waals surface area contributed by atoms with Crippen LogP contribution in [0.5, 0.6) is 0 Å². The van der Waals surface area contributed by atoms with Gasteiger partial charge in [0.15, 0.2) is 0 Å². The van der Waals surface area contributed by atoms with Crippen LogP contribution in [0.15, 0.2) is 53.6 Å². The number of nitriles is 1. The first-order valence-electron chi connectivity index (χ1n) is 11.0. The van der Waals surface area contributed by atoms with E-state index in [1.54, 1.807) is 24.3 Å². The highest BCUT2D eigenvalue weighted by atomic mass is 32.2. The zero-order valence-corrected chi connectivity index (χ0v) is 19.4. The Labute approximate surface area is 202 Å². The number of rotatable bonds is 7. The van der Waals surface area contributed by atoms with Crippen LogP contribution in [0.25, 0.3) is 0 Å². The SMILES string of the molecule is N#Cc1ccc(C2=NN(Cc3cccc(NC(=O)OCCN4CCOCC4)c3)C(=O)SC2)cc1. The monoisotopic (exact) mass is 479 g/mol. The molecule has 1 saturated heterocycles. The van der Waals surface area contributed by atoms with E-state index in [0.717, 1.165) is 29.9 Å². The Morgan fingerprint density at radius 3 is 2.76 bits per heavy atom. The molecule has 0 saturated carbocycles. The van der Waals surface area contributed by atoms with Gasteiger partial charge >= 0.3 is 11.3 Å². The third kappa shape index (κ3) is 6.57. The van der Waals surface area contributed by atoms with E-state index >= 15 is 0 Å². The summed E-state index contributed by atoms with van der Waals surface area (Å²) in [6.45, 7) is 4.34. The number of anilines is 1. The molecule has 1 fully saturated rings. The molecule has 0 aliphatic carbocycles. The summed E-state index contributed by atoms with van der Waals surface area (Å²) in [7, 11) is 0. The smallest absolute Gasteiger partial charge is 0.411 e. The Morgan fingerprint density at radius 1 is 1.21 bits per heavy atom. The van der Waals surface area contributed by atoms with Crippen LogP contribution in [0.1, 0.15) is 16.7 Å². The minimum Gasteiger partial charge on any atom is -0.448 e. The van der Waals surface area contributed by atoms with Crippen molar-refractivity contribution < 1.29 is 19.1 Å². The highest BCUT2D eigenvalue weighted by Gasteiger charge is 2.22. The Bertz CT molecular complexity index is 1090. The molecule has 0 radical (unpaired) electrons. The highest BCUT2D eigenvalue weighted by molar-refractivity contribution is 8.14. The van der Waals surface area contributed by atoms with Gasteiger partial charge in [-0.3, -0.25) is 15.0 Å². The molecule has 2 aromatic rings. The Morgan fingerprint density at radius 2 is 2.00 bits per heavy atom. The van der Waals surface area contributed by atoms with E-state index in [0.29, 0.717) is 43.4 Å². The van der Waals surface area contributed by atoms with E-state index in [-0.39, 0.29) is 11.8 Å². The van der Waals surface area contributed by atoms with Gasteiger partial charge in [-0.15, -0.1) is 0 Å². The highest BCUT2D eigenvalue weighted by Crippen LogP contribution is 2.23. The zero-order valence-electron chi connectivity index (χ0n) is 18.6. The van der Waals surface area contributed by atoms with Gasteiger partial charge < -0.3 is 9.47 Å². The van der Waals surface area contributed by atoms with Crippen LogP contribution in [-0.4, -0.2) is 72.2 Å². The molecule has 4 rings (SSSR count). The molecule has 0 bridgehead atoms. The number of carbonyl (C=O) groups is 2. The van der Waals surface area contributed by atoms with Gasteiger partial charge in [-0.2, -0.15) is 10.4 Å². The summed E-state index contributed by atoms with van der Waals surface area (Å²) in [5.41, 5.74) is 3.63. The van der Waals surface area contributed by atoms with Gasteiger partial charge in [0.25, 0.3) is 0 Å². The molecule has 2 aliphatic rings. The molecule has 2 aliphatic heterocycles. The Balaban J connectivity index is 1.33. The fourth-order valence-corrected chi connectivity index (χ4v) is 4.30. The van der Waals surface area contributed by atoms with Gasteiger partial charge in [-0.25, -0.2) is 9.80 Å². The molecule has 9 nitrogen and oxygen atoms in total. The number of hydrogen-bond acceptors (Lipinski definition) is 8. The van der Waals surface area contributed by atoms with Crippen molar-refractivity contribution >= 4 is 34.5 Å². The van der Waals surface area contributed by atoms with Crippen molar-refractivity contribution in [1.29, 1.82) is 5.26 Å². The van der Waals surface area contributed by atoms with Gasteiger partial charge in [-0.1, -0.05) is 36.0 Å². The van der Waals surface area contributed by atoms with Gasteiger partial charge in [0.2, 0.25) is 0 Å². The second-order valence-electron chi connectivity index (χ2n) is 7.76. The molecule has 2 heterocycles. The number of hydrogen-bond donors (Lipinski definition) is 1. The summed E-state index contributed by atoms with van der Waals surface area (Å²) in [5.74, 6) is 0.471. The molecule has 0 unspecified atom stereocenters. The minimum absolute atomic E-state index is 0.140. The predicted molar refractivity (Wildman–Crippen MR) is 130 cm³/mol. The maximum atomic E-state index is 12.4. The van der Waals surface area contributed by atoms with Crippen LogP contribution in [0, 0.1) is 11.3 Å². The lowest BCUT2D eigenvalue weighted by Crippen LogP contribution is -2.38. The number of benzene rings is 2. The first-order valence-corrected chi connectivity index (χ1v) is 11.9. The molecule has 0 aromatic heterocycles. The number of hydrazone groups is 1. The normalized spacial score (nSPS) is 16.5. The third-order valence-electron chi connectivity index (χ3n) is 5.38. The topological polar surface area (TPSA) is 107 Å². The summed E-state index contributed by atoms with van der Waals surface area (Å²) in [6, 6.07) is 16.5. The molecular formula is C24H25N5O4S. The number of morpholine rings is 1. The Kier molecular flexibility index (Phi) is 8.14. The lowest BCUT2D eigenvalue weighted by atomic mass is 10.1. The van der Waals surface area contributed by atoms with Gasteiger partial charge in [-0.05, 0) is 35.4 Å². The first-order chi connectivity index (χ1) is 16.6. The van der Waals surface area contributed by atoms with Crippen LogP contribution in [0.3, 0.4) is 0 Å². The minimum atomic E-state index is -0.517. The second kappa shape index (κ2) is 11.7. The van der Waals surface area contributed by atoms with Crippen LogP contribution >= 0.6 is 11.8 Å². The largest absolute Gasteiger partial charge is 0.448 e. The van der Waals surface area contributed by atoms with Crippen LogP contribution in [0.2, 0.25) is 0 Å². The van der Waals surface area contributed by atoms with Crippen molar-refractivity contribution in [1.82, 2.24) is 9.91 Å². The van der Waals surface area contributed by atoms with E-state index in [1.807, 2.05) is 24.3 Å². The quantitative estimate of drug-likeness (QED) is 0.647. The first kappa shape index (κ1) is 23.8. The molecule has 10 heteroatoms. The molecule has 2 aromatic carbocycles. The number of ether oxygens (including phenoxy) is 2. The van der Waals surface area contributed by atoms with Crippen molar-refractivity contribution in [2.45, 2.75) is 6.54 Å². The van der Waals surface area contributed by atoms with Crippen LogP contribution < -0.4 is 5.32 Å². The van der Waals surface area contributed by atoms with Crippen LogP contribution in [-0.2, 0) is 16.0 Å². The average Bonchev–Trinajstić information content (AvgIpc) is 2.86. The number of amides is 2. The summed E-state index contributed by atoms with van der Waals surface area (Å²) in [4.78, 5) is 26.8. The van der Waals surface area contributed by atoms with Crippen molar-refractivity contribution in [3.63, 3.8) is 0 Å². The standard InChI is InChI=1S/C24H25N5O4S/c25-15-18-4-6-20(7-5-18)22-17-34-24(31)29(27-22)16-19-2-1-3-21(14-19)26-23(30)33-13-10-28-8-11-32-12-9-28/h1-7,14H,8-13,16-17H2,(H,26,30). The third-order valence-corrected chi connectivity index (χ3v) is 6.26. The lowest BCUT2D eigenvalue weighted by Gasteiger charge is -2.26. The fraction of sp³-hybridized carbons (Fsp3) is 0.333.